The molecule has 1 fully saturated rings. The van der Waals surface area contributed by atoms with Crippen LogP contribution in [0.5, 0.6) is 0 Å². The minimum absolute atomic E-state index is 0.245. The average molecular weight is 337 g/mol. The average Bonchev–Trinajstić information content (AvgIpc) is 2.49. The fraction of sp³-hybridized carbons (Fsp3) is 0.529. The van der Waals surface area contributed by atoms with Crippen molar-refractivity contribution in [3.8, 4) is 0 Å². The number of hydrogen-bond donors (Lipinski definition) is 2. The van der Waals surface area contributed by atoms with Crippen LogP contribution in [-0.4, -0.2) is 35.6 Å². The largest absolute Gasteiger partial charge is 0.444 e. The highest BCUT2D eigenvalue weighted by Crippen LogP contribution is 2.24. The number of amides is 2. The Labute approximate surface area is 141 Å². The van der Waals surface area contributed by atoms with Crippen molar-refractivity contribution in [2.24, 2.45) is 5.92 Å². The molecule has 1 aliphatic rings. The molecule has 3 N–H and O–H groups in total. The van der Waals surface area contributed by atoms with Crippen LogP contribution >= 0.6 is 0 Å². The first-order chi connectivity index (χ1) is 11.2. The van der Waals surface area contributed by atoms with Crippen molar-refractivity contribution in [3.63, 3.8) is 0 Å². The molecule has 0 aromatic heterocycles. The standard InChI is InChI=1S/C17H24FN3O3/c1-17(2,3)24-16(23)21-8-4-5-11(10-21)15(22)20-14-9-12(18)6-7-13(14)19/h6-7,9,11H,4-5,8,10,19H2,1-3H3,(H,20,22)/t11-/m1/s1. The summed E-state index contributed by atoms with van der Waals surface area (Å²) >= 11 is 0. The Morgan fingerprint density at radius 3 is 2.75 bits per heavy atom. The molecule has 24 heavy (non-hydrogen) atoms. The minimum Gasteiger partial charge on any atom is -0.444 e. The van der Waals surface area contributed by atoms with E-state index in [2.05, 4.69) is 5.32 Å². The Hall–Kier alpha value is -2.31. The van der Waals surface area contributed by atoms with E-state index < -0.39 is 17.5 Å². The highest BCUT2D eigenvalue weighted by molar-refractivity contribution is 5.95. The van der Waals surface area contributed by atoms with Crippen LogP contribution in [0.4, 0.5) is 20.6 Å². The number of halogens is 1. The predicted molar refractivity (Wildman–Crippen MR) is 90.0 cm³/mol. The zero-order chi connectivity index (χ0) is 17.9. The van der Waals surface area contributed by atoms with Crippen LogP contribution in [0, 0.1) is 11.7 Å². The summed E-state index contributed by atoms with van der Waals surface area (Å²) in [4.78, 5) is 26.1. The van der Waals surface area contributed by atoms with Crippen LogP contribution in [-0.2, 0) is 9.53 Å². The Morgan fingerprint density at radius 1 is 1.38 bits per heavy atom. The number of benzene rings is 1. The van der Waals surface area contributed by atoms with Gasteiger partial charge in [-0.2, -0.15) is 0 Å². The quantitative estimate of drug-likeness (QED) is 0.813. The number of piperidine rings is 1. The fourth-order valence-electron chi connectivity index (χ4n) is 2.56. The molecule has 0 unspecified atom stereocenters. The minimum atomic E-state index is -0.581. The van der Waals surface area contributed by atoms with Gasteiger partial charge in [-0.3, -0.25) is 4.79 Å². The van der Waals surface area contributed by atoms with Crippen LogP contribution in [0.3, 0.4) is 0 Å². The summed E-state index contributed by atoms with van der Waals surface area (Å²) in [6, 6.07) is 3.82. The van der Waals surface area contributed by atoms with E-state index in [4.69, 9.17) is 10.5 Å². The van der Waals surface area contributed by atoms with E-state index >= 15 is 0 Å². The van der Waals surface area contributed by atoms with Crippen molar-refractivity contribution in [1.82, 2.24) is 4.90 Å². The van der Waals surface area contributed by atoms with Gasteiger partial charge in [0.2, 0.25) is 5.91 Å². The van der Waals surface area contributed by atoms with Crippen molar-refractivity contribution < 1.29 is 18.7 Å². The second-order valence-corrected chi connectivity index (χ2v) is 6.99. The van der Waals surface area contributed by atoms with E-state index in [9.17, 15) is 14.0 Å². The van der Waals surface area contributed by atoms with E-state index in [1.165, 1.54) is 23.1 Å². The van der Waals surface area contributed by atoms with E-state index in [1.54, 1.807) is 20.8 Å². The number of anilines is 2. The lowest BCUT2D eigenvalue weighted by atomic mass is 9.97. The summed E-state index contributed by atoms with van der Waals surface area (Å²) in [5.74, 6) is -1.13. The van der Waals surface area contributed by atoms with Gasteiger partial charge in [-0.25, -0.2) is 9.18 Å². The monoisotopic (exact) mass is 337 g/mol. The molecular formula is C17H24FN3O3. The number of ether oxygens (including phenoxy) is 1. The molecule has 7 heteroatoms. The zero-order valence-corrected chi connectivity index (χ0v) is 14.3. The van der Waals surface area contributed by atoms with E-state index in [-0.39, 0.29) is 24.1 Å². The summed E-state index contributed by atoms with van der Waals surface area (Å²) in [6.45, 7) is 6.22. The van der Waals surface area contributed by atoms with Gasteiger partial charge in [0.25, 0.3) is 0 Å². The number of carbonyl (C=O) groups excluding carboxylic acids is 2. The maximum Gasteiger partial charge on any atom is 0.410 e. The number of rotatable bonds is 2. The third-order valence-electron chi connectivity index (χ3n) is 3.72. The van der Waals surface area contributed by atoms with Gasteiger partial charge in [0.05, 0.1) is 17.3 Å². The van der Waals surface area contributed by atoms with Crippen LogP contribution in [0.2, 0.25) is 0 Å². The lowest BCUT2D eigenvalue weighted by molar-refractivity contribution is -0.121. The molecule has 0 radical (unpaired) electrons. The second-order valence-electron chi connectivity index (χ2n) is 6.99. The van der Waals surface area contributed by atoms with Crippen molar-refractivity contribution >= 4 is 23.4 Å². The molecule has 0 bridgehead atoms. The van der Waals surface area contributed by atoms with Crippen molar-refractivity contribution in [2.75, 3.05) is 24.1 Å². The van der Waals surface area contributed by atoms with Gasteiger partial charge in [-0.1, -0.05) is 0 Å². The van der Waals surface area contributed by atoms with Crippen LogP contribution in [0.1, 0.15) is 33.6 Å². The molecule has 132 valence electrons. The summed E-state index contributed by atoms with van der Waals surface area (Å²) < 4.78 is 18.6. The van der Waals surface area contributed by atoms with Gasteiger partial charge >= 0.3 is 6.09 Å². The molecule has 1 heterocycles. The third-order valence-corrected chi connectivity index (χ3v) is 3.72. The fourth-order valence-corrected chi connectivity index (χ4v) is 2.56. The number of nitrogen functional groups attached to an aromatic ring is 1. The SMILES string of the molecule is CC(C)(C)OC(=O)N1CCC[C@@H](C(=O)Nc2cc(F)ccc2N)C1. The smallest absolute Gasteiger partial charge is 0.410 e. The van der Waals surface area contributed by atoms with Gasteiger partial charge in [0.1, 0.15) is 11.4 Å². The topological polar surface area (TPSA) is 84.7 Å². The van der Waals surface area contributed by atoms with Gasteiger partial charge in [-0.15, -0.1) is 0 Å². The highest BCUT2D eigenvalue weighted by atomic mass is 19.1. The van der Waals surface area contributed by atoms with Crippen LogP contribution in [0.25, 0.3) is 0 Å². The van der Waals surface area contributed by atoms with Gasteiger partial charge in [0.15, 0.2) is 0 Å². The molecule has 0 aliphatic carbocycles. The maximum absolute atomic E-state index is 13.3. The number of nitrogens with zero attached hydrogens (tertiary/aromatic N) is 1. The maximum atomic E-state index is 13.3. The lowest BCUT2D eigenvalue weighted by Crippen LogP contribution is -2.45. The van der Waals surface area contributed by atoms with Crippen molar-refractivity contribution in [1.29, 1.82) is 0 Å². The molecule has 1 aromatic carbocycles. The van der Waals surface area contributed by atoms with Crippen LogP contribution in [0.15, 0.2) is 18.2 Å². The normalized spacial score (nSPS) is 18.2. The molecule has 0 spiro atoms. The Morgan fingerprint density at radius 2 is 2.08 bits per heavy atom. The Kier molecular flexibility index (Phi) is 5.31. The number of nitrogens with two attached hydrogens (primary N) is 1. The number of nitrogens with one attached hydrogen (secondary N) is 1. The van der Waals surface area contributed by atoms with E-state index in [1.807, 2.05) is 0 Å². The predicted octanol–water partition coefficient (Wildman–Crippen LogP) is 2.99. The first kappa shape index (κ1) is 18.0. The number of carbonyl (C=O) groups is 2. The molecule has 2 rings (SSSR count). The molecule has 1 saturated heterocycles. The number of hydrogen-bond acceptors (Lipinski definition) is 4. The summed E-state index contributed by atoms with van der Waals surface area (Å²) in [5, 5.41) is 2.65. The molecule has 1 aromatic rings. The van der Waals surface area contributed by atoms with Gasteiger partial charge in [-0.05, 0) is 51.8 Å². The molecule has 6 nitrogen and oxygen atoms in total. The Bertz CT molecular complexity index is 628. The van der Waals surface area contributed by atoms with E-state index in [0.29, 0.717) is 25.1 Å². The molecule has 1 atom stereocenters. The van der Waals surface area contributed by atoms with Crippen molar-refractivity contribution in [2.45, 2.75) is 39.2 Å². The van der Waals surface area contributed by atoms with Gasteiger partial charge in [0, 0.05) is 13.1 Å². The summed E-state index contributed by atoms with van der Waals surface area (Å²) in [7, 11) is 0. The van der Waals surface area contributed by atoms with Crippen molar-refractivity contribution in [3.05, 3.63) is 24.0 Å². The van der Waals surface area contributed by atoms with Crippen LogP contribution < -0.4 is 11.1 Å². The molecule has 0 saturated carbocycles. The van der Waals surface area contributed by atoms with Gasteiger partial charge < -0.3 is 20.7 Å². The first-order valence-electron chi connectivity index (χ1n) is 7.99. The number of likely N-dealkylation sites (tertiary alicyclic amines) is 1. The highest BCUT2D eigenvalue weighted by Gasteiger charge is 2.31. The van der Waals surface area contributed by atoms with E-state index in [0.717, 1.165) is 0 Å². The summed E-state index contributed by atoms with van der Waals surface area (Å²) in [5.41, 5.74) is 5.71. The molecule has 1 aliphatic heterocycles. The summed E-state index contributed by atoms with van der Waals surface area (Å²) in [6.07, 6.45) is 0.932. The molecular weight excluding hydrogens is 313 g/mol. The second kappa shape index (κ2) is 7.07. The molecule has 2 amide bonds. The zero-order valence-electron chi connectivity index (χ0n) is 14.3. The first-order valence-corrected chi connectivity index (χ1v) is 7.99. The Balaban J connectivity index is 2.00. The third kappa shape index (κ3) is 4.84. The lowest BCUT2D eigenvalue weighted by Gasteiger charge is -2.33.